The predicted molar refractivity (Wildman–Crippen MR) is 73.8 cm³/mol. The number of anilines is 1. The van der Waals surface area contributed by atoms with Crippen LogP contribution in [0.15, 0.2) is 5.38 Å². The van der Waals surface area contributed by atoms with Crippen LogP contribution >= 0.6 is 11.3 Å². The maximum atomic E-state index is 11.4. The normalized spacial score (nSPS) is 12.4. The molecule has 0 spiro atoms. The van der Waals surface area contributed by atoms with Crippen LogP contribution in [0.3, 0.4) is 0 Å². The summed E-state index contributed by atoms with van der Waals surface area (Å²) in [5.74, 6) is 0.00755. The van der Waals surface area contributed by atoms with Gasteiger partial charge in [0.15, 0.2) is 5.13 Å². The minimum absolute atomic E-state index is 0.00755. The number of aromatic nitrogens is 1. The molecule has 0 saturated carbocycles. The molecule has 1 aromatic rings. The summed E-state index contributed by atoms with van der Waals surface area (Å²) in [4.78, 5) is 17.5. The van der Waals surface area contributed by atoms with Crippen LogP contribution in [-0.4, -0.2) is 35.2 Å². The lowest BCUT2D eigenvalue weighted by atomic mass is 10.2. The fourth-order valence-corrected chi connectivity index (χ4v) is 2.51. The fraction of sp³-hybridized carbons (Fsp3) is 0.667. The second-order valence-electron chi connectivity index (χ2n) is 4.05. The van der Waals surface area contributed by atoms with E-state index < -0.39 is 0 Å². The van der Waals surface area contributed by atoms with Crippen LogP contribution in [0.2, 0.25) is 0 Å². The average molecular weight is 271 g/mol. The molecule has 1 heterocycles. The average Bonchev–Trinajstić information content (AvgIpc) is 2.79. The molecule has 1 rings (SSSR count). The number of carbonyl (C=O) groups excluding carboxylic acids is 1. The first kappa shape index (κ1) is 15.1. The van der Waals surface area contributed by atoms with E-state index in [9.17, 15) is 4.79 Å². The summed E-state index contributed by atoms with van der Waals surface area (Å²) >= 11 is 1.47. The monoisotopic (exact) mass is 271 g/mol. The molecule has 0 aliphatic carbocycles. The lowest BCUT2D eigenvalue weighted by molar-refractivity contribution is -0.116. The molecule has 0 bridgehead atoms. The number of carbonyl (C=O) groups is 1. The molecule has 0 aliphatic rings. The van der Waals surface area contributed by atoms with Gasteiger partial charge >= 0.3 is 0 Å². The third kappa shape index (κ3) is 4.04. The summed E-state index contributed by atoms with van der Waals surface area (Å²) in [6.45, 7) is 6.87. The molecule has 0 aliphatic heterocycles. The maximum absolute atomic E-state index is 11.4. The van der Waals surface area contributed by atoms with E-state index in [0.29, 0.717) is 13.1 Å². The summed E-state index contributed by atoms with van der Waals surface area (Å²) < 4.78 is 0. The molecule has 2 N–H and O–H groups in total. The van der Waals surface area contributed by atoms with Gasteiger partial charge in [-0.1, -0.05) is 6.92 Å². The van der Waals surface area contributed by atoms with E-state index in [1.165, 1.54) is 11.3 Å². The number of amides is 1. The van der Waals surface area contributed by atoms with Gasteiger partial charge in [-0.3, -0.25) is 9.69 Å². The van der Waals surface area contributed by atoms with Crippen LogP contribution in [0.5, 0.6) is 0 Å². The van der Waals surface area contributed by atoms with Crippen molar-refractivity contribution in [3.63, 3.8) is 0 Å². The lowest BCUT2D eigenvalue weighted by Gasteiger charge is -2.15. The number of nitrogens with zero attached hydrogens (tertiary/aromatic N) is 2. The van der Waals surface area contributed by atoms with Gasteiger partial charge in [-0.05, 0) is 13.3 Å². The van der Waals surface area contributed by atoms with Gasteiger partial charge in [0.25, 0.3) is 0 Å². The van der Waals surface area contributed by atoms with Crippen molar-refractivity contribution in [2.45, 2.75) is 39.8 Å². The van der Waals surface area contributed by atoms with Crippen molar-refractivity contribution in [2.24, 2.45) is 0 Å². The second kappa shape index (κ2) is 7.45. The lowest BCUT2D eigenvalue weighted by Crippen LogP contribution is -2.31. The molecule has 1 unspecified atom stereocenters. The molecule has 0 saturated heterocycles. The van der Waals surface area contributed by atoms with Gasteiger partial charge < -0.3 is 10.4 Å². The number of rotatable bonds is 7. The van der Waals surface area contributed by atoms with Crippen LogP contribution in [0, 0.1) is 0 Å². The minimum atomic E-state index is 0.00755. The zero-order chi connectivity index (χ0) is 13.5. The second-order valence-corrected chi connectivity index (χ2v) is 4.89. The minimum Gasteiger partial charge on any atom is -0.395 e. The molecule has 0 radical (unpaired) electrons. The summed E-state index contributed by atoms with van der Waals surface area (Å²) in [5, 5.41) is 15.0. The van der Waals surface area contributed by atoms with Crippen molar-refractivity contribution in [1.82, 2.24) is 10.3 Å². The first-order valence-corrected chi connectivity index (χ1v) is 7.07. The summed E-state index contributed by atoms with van der Waals surface area (Å²) in [7, 11) is 0. The first-order valence-electron chi connectivity index (χ1n) is 6.19. The summed E-state index contributed by atoms with van der Waals surface area (Å²) in [6.07, 6.45) is 0.877. The number of hydrogen-bond acceptors (Lipinski definition) is 5. The smallest absolute Gasteiger partial charge is 0.225 e. The largest absolute Gasteiger partial charge is 0.395 e. The number of hydrogen-bond donors (Lipinski definition) is 2. The molecular weight excluding hydrogens is 250 g/mol. The van der Waals surface area contributed by atoms with Crippen LogP contribution in [0.1, 0.15) is 32.9 Å². The highest BCUT2D eigenvalue weighted by atomic mass is 32.1. The molecule has 1 amide bonds. The zero-order valence-electron chi connectivity index (χ0n) is 11.1. The molecule has 1 aromatic heterocycles. The van der Waals surface area contributed by atoms with E-state index in [1.54, 1.807) is 11.8 Å². The van der Waals surface area contributed by atoms with Gasteiger partial charge in [0.1, 0.15) is 0 Å². The highest BCUT2D eigenvalue weighted by molar-refractivity contribution is 7.14. The van der Waals surface area contributed by atoms with Gasteiger partial charge in [-0.2, -0.15) is 0 Å². The Hall–Kier alpha value is -0.980. The predicted octanol–water partition coefficient (Wildman–Crippen LogP) is 1.38. The van der Waals surface area contributed by atoms with Crippen LogP contribution in [0.25, 0.3) is 0 Å². The molecule has 6 heteroatoms. The number of nitrogens with one attached hydrogen (secondary N) is 1. The van der Waals surface area contributed by atoms with Crippen molar-refractivity contribution < 1.29 is 9.90 Å². The van der Waals surface area contributed by atoms with E-state index in [4.69, 9.17) is 5.11 Å². The van der Waals surface area contributed by atoms with E-state index in [1.807, 2.05) is 19.2 Å². The SMILES string of the molecule is CCC(CO)NCc1csc(N(CC)C(C)=O)n1. The van der Waals surface area contributed by atoms with Crippen molar-refractivity contribution in [1.29, 1.82) is 0 Å². The molecule has 102 valence electrons. The molecule has 18 heavy (non-hydrogen) atoms. The van der Waals surface area contributed by atoms with Gasteiger partial charge in [-0.25, -0.2) is 4.98 Å². The van der Waals surface area contributed by atoms with E-state index in [2.05, 4.69) is 10.3 Å². The Morgan fingerprint density at radius 1 is 1.61 bits per heavy atom. The maximum Gasteiger partial charge on any atom is 0.225 e. The fourth-order valence-electron chi connectivity index (χ4n) is 1.58. The highest BCUT2D eigenvalue weighted by Crippen LogP contribution is 2.20. The van der Waals surface area contributed by atoms with E-state index >= 15 is 0 Å². The standard InChI is InChI=1S/C12H21N3O2S/c1-4-10(7-16)13-6-11-8-18-12(14-11)15(5-2)9(3)17/h8,10,13,16H,4-7H2,1-3H3. The van der Waals surface area contributed by atoms with Crippen LogP contribution in [0.4, 0.5) is 5.13 Å². The summed E-state index contributed by atoms with van der Waals surface area (Å²) in [6, 6.07) is 0.102. The summed E-state index contributed by atoms with van der Waals surface area (Å²) in [5.41, 5.74) is 0.904. The Balaban J connectivity index is 2.60. The van der Waals surface area contributed by atoms with Crippen molar-refractivity contribution in [2.75, 3.05) is 18.1 Å². The topological polar surface area (TPSA) is 65.5 Å². The molecule has 0 aromatic carbocycles. The Kier molecular flexibility index (Phi) is 6.24. The molecule has 0 fully saturated rings. The Morgan fingerprint density at radius 2 is 2.33 bits per heavy atom. The number of thiazole rings is 1. The van der Waals surface area contributed by atoms with Crippen LogP contribution < -0.4 is 10.2 Å². The number of aliphatic hydroxyl groups is 1. The van der Waals surface area contributed by atoms with Crippen molar-refractivity contribution in [3.8, 4) is 0 Å². The van der Waals surface area contributed by atoms with Gasteiger partial charge in [0.05, 0.1) is 12.3 Å². The van der Waals surface area contributed by atoms with Crippen molar-refractivity contribution in [3.05, 3.63) is 11.1 Å². The quantitative estimate of drug-likeness (QED) is 0.786. The van der Waals surface area contributed by atoms with E-state index in [0.717, 1.165) is 17.2 Å². The van der Waals surface area contributed by atoms with Crippen molar-refractivity contribution >= 4 is 22.4 Å². The number of aliphatic hydroxyl groups excluding tert-OH is 1. The molecule has 5 nitrogen and oxygen atoms in total. The third-order valence-corrected chi connectivity index (χ3v) is 3.66. The zero-order valence-corrected chi connectivity index (χ0v) is 12.0. The van der Waals surface area contributed by atoms with Crippen LogP contribution in [-0.2, 0) is 11.3 Å². The Bertz CT molecular complexity index is 377. The van der Waals surface area contributed by atoms with E-state index in [-0.39, 0.29) is 18.6 Å². The van der Waals surface area contributed by atoms with Gasteiger partial charge in [0, 0.05) is 31.4 Å². The molecule has 1 atom stereocenters. The third-order valence-electron chi connectivity index (χ3n) is 2.75. The molecular formula is C12H21N3O2S. The Morgan fingerprint density at radius 3 is 2.83 bits per heavy atom. The van der Waals surface area contributed by atoms with Gasteiger partial charge in [0.2, 0.25) is 5.91 Å². The first-order chi connectivity index (χ1) is 8.62. The Labute approximate surface area is 112 Å². The highest BCUT2D eigenvalue weighted by Gasteiger charge is 2.13. The van der Waals surface area contributed by atoms with Gasteiger partial charge in [-0.15, -0.1) is 11.3 Å².